The van der Waals surface area contributed by atoms with Crippen LogP contribution in [-0.2, 0) is 0 Å². The molecule has 3 heteroatoms. The first kappa shape index (κ1) is 6.65. The molecular weight excluding hydrogens is 126 g/mol. The lowest BCUT2D eigenvalue weighted by Crippen LogP contribution is -1.68. The van der Waals surface area contributed by atoms with Crippen molar-refractivity contribution in [1.29, 1.82) is 0 Å². The predicted octanol–water partition coefficient (Wildman–Crippen LogP) is 2.81. The van der Waals surface area contributed by atoms with Gasteiger partial charge in [-0.05, 0) is 18.0 Å². The van der Waals surface area contributed by atoms with Gasteiger partial charge in [0.15, 0.2) is 0 Å². The number of azide groups is 1. The van der Waals surface area contributed by atoms with Crippen molar-refractivity contribution in [2.45, 2.75) is 0 Å². The van der Waals surface area contributed by atoms with Gasteiger partial charge < -0.3 is 0 Å². The van der Waals surface area contributed by atoms with Gasteiger partial charge in [-0.15, -0.1) is 0 Å². The van der Waals surface area contributed by atoms with Crippen LogP contribution in [0.5, 0.6) is 0 Å². The van der Waals surface area contributed by atoms with Gasteiger partial charge in [0.25, 0.3) is 0 Å². The quantitative estimate of drug-likeness (QED) is 0.320. The minimum atomic E-state index is 0.588. The maximum Gasteiger partial charge on any atom is 0.0407 e. The summed E-state index contributed by atoms with van der Waals surface area (Å²) < 4.78 is 0. The zero-order valence-electron chi connectivity index (χ0n) is 5.36. The van der Waals surface area contributed by atoms with Crippen molar-refractivity contribution in [3.8, 4) is 0 Å². The molecule has 1 aromatic rings. The van der Waals surface area contributed by atoms with Crippen LogP contribution in [-0.4, -0.2) is 0 Å². The summed E-state index contributed by atoms with van der Waals surface area (Å²) in [6, 6.07) is 7.17. The Kier molecular flexibility index (Phi) is 1.92. The second-order valence-corrected chi connectivity index (χ2v) is 1.82. The molecule has 0 saturated heterocycles. The summed E-state index contributed by atoms with van der Waals surface area (Å²) in [5, 5.41) is 3.42. The van der Waals surface area contributed by atoms with Gasteiger partial charge in [-0.1, -0.05) is 29.4 Å². The first-order valence-corrected chi connectivity index (χ1v) is 2.80. The van der Waals surface area contributed by atoms with Crippen molar-refractivity contribution in [1.82, 2.24) is 0 Å². The Morgan fingerprint density at radius 1 is 1.40 bits per heavy atom. The van der Waals surface area contributed by atoms with Gasteiger partial charge in [0, 0.05) is 10.6 Å². The van der Waals surface area contributed by atoms with Crippen LogP contribution in [0.15, 0.2) is 29.4 Å². The Bertz CT molecular complexity index is 274. The maximum atomic E-state index is 8.07. The third-order valence-electron chi connectivity index (χ3n) is 1.14. The Morgan fingerprint density at radius 3 is 2.70 bits per heavy atom. The fraction of sp³-hybridized carbons (Fsp3) is 0. The highest BCUT2D eigenvalue weighted by molar-refractivity contribution is 5.46. The molecule has 0 N–H and O–H groups in total. The Labute approximate surface area is 58.9 Å². The fourth-order valence-corrected chi connectivity index (χ4v) is 0.657. The lowest BCUT2D eigenvalue weighted by atomic mass is 10.2. The van der Waals surface area contributed by atoms with Gasteiger partial charge in [-0.3, -0.25) is 0 Å². The minimum absolute atomic E-state index is 0.588. The highest BCUT2D eigenvalue weighted by Crippen LogP contribution is 2.16. The average Bonchev–Trinajstić information content (AvgIpc) is 1.94. The second kappa shape index (κ2) is 2.90. The number of nitrogens with zero attached hydrogens (tertiary/aromatic N) is 3. The molecule has 49 valence electrons. The SMILES string of the molecule is [CH2]c1ccccc1N=[N+]=[N-]. The molecule has 1 radical (unpaired) electrons. The van der Waals surface area contributed by atoms with Crippen LogP contribution in [0.25, 0.3) is 10.4 Å². The number of benzene rings is 1. The summed E-state index contributed by atoms with van der Waals surface area (Å²) in [4.78, 5) is 2.65. The van der Waals surface area contributed by atoms with Crippen LogP contribution < -0.4 is 0 Å². The van der Waals surface area contributed by atoms with E-state index in [1.54, 1.807) is 18.2 Å². The Hall–Kier alpha value is -1.47. The molecule has 0 atom stereocenters. The molecule has 0 aromatic heterocycles. The number of hydrogen-bond donors (Lipinski definition) is 0. The monoisotopic (exact) mass is 132 g/mol. The van der Waals surface area contributed by atoms with Crippen LogP contribution in [0.1, 0.15) is 5.56 Å². The summed E-state index contributed by atoms with van der Waals surface area (Å²) in [5.41, 5.74) is 9.41. The Morgan fingerprint density at radius 2 is 2.10 bits per heavy atom. The van der Waals surface area contributed by atoms with Gasteiger partial charge in [-0.2, -0.15) is 0 Å². The number of hydrogen-bond acceptors (Lipinski definition) is 1. The van der Waals surface area contributed by atoms with E-state index in [2.05, 4.69) is 16.9 Å². The average molecular weight is 132 g/mol. The largest absolute Gasteiger partial charge is 0.0620 e. The minimum Gasteiger partial charge on any atom is -0.0620 e. The van der Waals surface area contributed by atoms with Gasteiger partial charge in [0.2, 0.25) is 0 Å². The summed E-state index contributed by atoms with van der Waals surface area (Å²) in [7, 11) is 0. The summed E-state index contributed by atoms with van der Waals surface area (Å²) >= 11 is 0. The first-order valence-electron chi connectivity index (χ1n) is 2.80. The van der Waals surface area contributed by atoms with E-state index in [1.807, 2.05) is 6.07 Å². The van der Waals surface area contributed by atoms with Crippen molar-refractivity contribution in [3.05, 3.63) is 47.2 Å². The van der Waals surface area contributed by atoms with Crippen molar-refractivity contribution in [2.75, 3.05) is 0 Å². The van der Waals surface area contributed by atoms with Crippen LogP contribution in [0, 0.1) is 6.92 Å². The van der Waals surface area contributed by atoms with E-state index in [1.165, 1.54) is 0 Å². The zero-order chi connectivity index (χ0) is 7.40. The molecule has 0 unspecified atom stereocenters. The molecule has 0 fully saturated rings. The van der Waals surface area contributed by atoms with Gasteiger partial charge >= 0.3 is 0 Å². The van der Waals surface area contributed by atoms with E-state index < -0.39 is 0 Å². The molecule has 0 saturated carbocycles. The maximum absolute atomic E-state index is 8.07. The standard InChI is InChI=1S/C7H6N3/c1-6-4-2-3-5-7(6)9-10-8/h2-5H,1H2. The predicted molar refractivity (Wildman–Crippen MR) is 39.7 cm³/mol. The van der Waals surface area contributed by atoms with Crippen LogP contribution in [0.3, 0.4) is 0 Å². The van der Waals surface area contributed by atoms with E-state index in [9.17, 15) is 0 Å². The van der Waals surface area contributed by atoms with Gasteiger partial charge in [0.1, 0.15) is 0 Å². The Balaban J connectivity index is 3.14. The summed E-state index contributed by atoms with van der Waals surface area (Å²) in [5.74, 6) is 0. The van der Waals surface area contributed by atoms with Crippen molar-refractivity contribution in [2.24, 2.45) is 5.11 Å². The molecule has 0 aliphatic carbocycles. The van der Waals surface area contributed by atoms with E-state index in [4.69, 9.17) is 5.53 Å². The molecule has 0 spiro atoms. The molecule has 10 heavy (non-hydrogen) atoms. The smallest absolute Gasteiger partial charge is 0.0407 e. The van der Waals surface area contributed by atoms with E-state index in [0.29, 0.717) is 5.69 Å². The second-order valence-electron chi connectivity index (χ2n) is 1.82. The van der Waals surface area contributed by atoms with Crippen LogP contribution >= 0.6 is 0 Å². The molecule has 3 nitrogen and oxygen atoms in total. The van der Waals surface area contributed by atoms with Crippen molar-refractivity contribution in [3.63, 3.8) is 0 Å². The lowest BCUT2D eigenvalue weighted by molar-refractivity contribution is 1.44. The molecule has 0 aliphatic rings. The normalized spacial score (nSPS) is 8.50. The van der Waals surface area contributed by atoms with Crippen molar-refractivity contribution >= 4 is 5.69 Å². The zero-order valence-corrected chi connectivity index (χ0v) is 5.36. The molecule has 0 bridgehead atoms. The van der Waals surface area contributed by atoms with Crippen molar-refractivity contribution < 1.29 is 0 Å². The molecule has 0 aliphatic heterocycles. The third kappa shape index (κ3) is 1.27. The first-order chi connectivity index (χ1) is 4.84. The van der Waals surface area contributed by atoms with E-state index in [-0.39, 0.29) is 0 Å². The van der Waals surface area contributed by atoms with Gasteiger partial charge in [0.05, 0.1) is 0 Å². The van der Waals surface area contributed by atoms with Crippen LogP contribution in [0.4, 0.5) is 5.69 Å². The lowest BCUT2D eigenvalue weighted by Gasteiger charge is -1.93. The number of rotatable bonds is 1. The van der Waals surface area contributed by atoms with Gasteiger partial charge in [-0.25, -0.2) is 0 Å². The fourth-order valence-electron chi connectivity index (χ4n) is 0.657. The van der Waals surface area contributed by atoms with E-state index in [0.717, 1.165) is 5.56 Å². The third-order valence-corrected chi connectivity index (χ3v) is 1.14. The molecule has 1 aromatic carbocycles. The molecule has 0 heterocycles. The highest BCUT2D eigenvalue weighted by atomic mass is 15.1. The van der Waals surface area contributed by atoms with Crippen LogP contribution in [0.2, 0.25) is 0 Å². The topological polar surface area (TPSA) is 48.8 Å². The highest BCUT2D eigenvalue weighted by Gasteiger charge is 1.89. The molecule has 0 amide bonds. The molecular formula is C7H6N3. The van der Waals surface area contributed by atoms with E-state index >= 15 is 0 Å². The summed E-state index contributed by atoms with van der Waals surface area (Å²) in [6.07, 6.45) is 0. The summed E-state index contributed by atoms with van der Waals surface area (Å²) in [6.45, 7) is 3.67. The molecule has 1 rings (SSSR count).